The molecule has 2 heterocycles. The van der Waals surface area contributed by atoms with Gasteiger partial charge in [0, 0.05) is 28.2 Å². The molecule has 0 amide bonds. The second kappa shape index (κ2) is 4.94. The van der Waals surface area contributed by atoms with Gasteiger partial charge in [0.25, 0.3) is 0 Å². The molecule has 0 spiro atoms. The monoisotopic (exact) mass is 273 g/mol. The summed E-state index contributed by atoms with van der Waals surface area (Å²) >= 11 is 0. The maximum Gasteiger partial charge on any atom is 0.0706 e. The number of benzene rings is 2. The van der Waals surface area contributed by atoms with Crippen molar-refractivity contribution in [3.05, 3.63) is 72.6 Å². The lowest BCUT2D eigenvalue weighted by Crippen LogP contribution is -2.01. The standard InChI is InChI=1S/C18H15N3/c1-2-4-18-13(3-1)5-6-16(21-18)12-20-15-7-8-17-14(11-15)9-10-19-17/h1-11,19-20H,12H2. The van der Waals surface area contributed by atoms with Gasteiger partial charge in [-0.1, -0.05) is 24.3 Å². The molecule has 0 bridgehead atoms. The summed E-state index contributed by atoms with van der Waals surface area (Å²) in [6, 6.07) is 20.8. The first-order valence-corrected chi connectivity index (χ1v) is 7.04. The Morgan fingerprint density at radius 2 is 1.86 bits per heavy atom. The Morgan fingerprint density at radius 3 is 2.86 bits per heavy atom. The molecular formula is C18H15N3. The van der Waals surface area contributed by atoms with Crippen LogP contribution in [0.15, 0.2) is 66.9 Å². The van der Waals surface area contributed by atoms with Gasteiger partial charge >= 0.3 is 0 Å². The number of pyridine rings is 1. The van der Waals surface area contributed by atoms with Gasteiger partial charge in [-0.3, -0.25) is 4.98 Å². The van der Waals surface area contributed by atoms with Crippen LogP contribution in [-0.4, -0.2) is 9.97 Å². The van der Waals surface area contributed by atoms with Gasteiger partial charge in [-0.25, -0.2) is 0 Å². The van der Waals surface area contributed by atoms with Crippen molar-refractivity contribution in [2.45, 2.75) is 6.54 Å². The predicted molar refractivity (Wildman–Crippen MR) is 87.4 cm³/mol. The molecule has 2 N–H and O–H groups in total. The summed E-state index contributed by atoms with van der Waals surface area (Å²) in [5.74, 6) is 0. The molecular weight excluding hydrogens is 258 g/mol. The van der Waals surface area contributed by atoms with Crippen LogP contribution in [0.2, 0.25) is 0 Å². The van der Waals surface area contributed by atoms with Gasteiger partial charge in [-0.2, -0.15) is 0 Å². The Balaban J connectivity index is 1.56. The highest BCUT2D eigenvalue weighted by atomic mass is 14.9. The number of fused-ring (bicyclic) bond motifs is 2. The number of rotatable bonds is 3. The number of H-pyrrole nitrogens is 1. The Labute approximate surface area is 122 Å². The van der Waals surface area contributed by atoms with Gasteiger partial charge in [0.1, 0.15) is 0 Å². The Kier molecular flexibility index (Phi) is 2.82. The van der Waals surface area contributed by atoms with Crippen LogP contribution in [0, 0.1) is 0 Å². The van der Waals surface area contributed by atoms with Crippen molar-refractivity contribution < 1.29 is 0 Å². The molecule has 0 saturated carbocycles. The zero-order chi connectivity index (χ0) is 14.1. The van der Waals surface area contributed by atoms with Gasteiger partial charge in [0.2, 0.25) is 0 Å². The smallest absolute Gasteiger partial charge is 0.0706 e. The first-order chi connectivity index (χ1) is 10.4. The van der Waals surface area contributed by atoms with E-state index in [1.807, 2.05) is 24.4 Å². The SMILES string of the molecule is c1ccc2nc(CNc3ccc4[nH]ccc4c3)ccc2c1. The van der Waals surface area contributed by atoms with E-state index in [0.29, 0.717) is 0 Å². The molecule has 3 nitrogen and oxygen atoms in total. The van der Waals surface area contributed by atoms with Crippen LogP contribution in [0.4, 0.5) is 5.69 Å². The zero-order valence-corrected chi connectivity index (χ0v) is 11.5. The van der Waals surface area contributed by atoms with Crippen LogP contribution in [0.1, 0.15) is 5.69 Å². The molecule has 0 radical (unpaired) electrons. The molecule has 0 aliphatic rings. The van der Waals surface area contributed by atoms with Crippen molar-refractivity contribution in [3.8, 4) is 0 Å². The number of para-hydroxylation sites is 1. The summed E-state index contributed by atoms with van der Waals surface area (Å²) in [6.45, 7) is 0.723. The maximum absolute atomic E-state index is 4.67. The molecule has 0 aliphatic heterocycles. The minimum absolute atomic E-state index is 0.723. The number of aromatic amines is 1. The quantitative estimate of drug-likeness (QED) is 0.583. The molecule has 0 fully saturated rings. The summed E-state index contributed by atoms with van der Waals surface area (Å²) < 4.78 is 0. The van der Waals surface area contributed by atoms with Crippen LogP contribution < -0.4 is 5.32 Å². The topological polar surface area (TPSA) is 40.7 Å². The fourth-order valence-electron chi connectivity index (χ4n) is 2.56. The molecule has 0 saturated heterocycles. The Hall–Kier alpha value is -2.81. The lowest BCUT2D eigenvalue weighted by molar-refractivity contribution is 1.07. The van der Waals surface area contributed by atoms with E-state index in [1.165, 1.54) is 10.8 Å². The number of aromatic nitrogens is 2. The van der Waals surface area contributed by atoms with Crippen molar-refractivity contribution in [2.24, 2.45) is 0 Å². The average molecular weight is 273 g/mol. The van der Waals surface area contributed by atoms with Gasteiger partial charge < -0.3 is 10.3 Å². The summed E-state index contributed by atoms with van der Waals surface area (Å²) in [4.78, 5) is 7.87. The highest BCUT2D eigenvalue weighted by Gasteiger charge is 2.00. The van der Waals surface area contributed by atoms with E-state index >= 15 is 0 Å². The van der Waals surface area contributed by atoms with Crippen LogP contribution in [0.3, 0.4) is 0 Å². The normalized spacial score (nSPS) is 11.0. The summed E-state index contributed by atoms with van der Waals surface area (Å²) in [5.41, 5.74) is 4.35. The summed E-state index contributed by atoms with van der Waals surface area (Å²) in [5, 5.41) is 5.82. The van der Waals surface area contributed by atoms with Crippen LogP contribution in [0.25, 0.3) is 21.8 Å². The minimum atomic E-state index is 0.723. The van der Waals surface area contributed by atoms with Crippen molar-refractivity contribution >= 4 is 27.5 Å². The number of nitrogens with one attached hydrogen (secondary N) is 2. The van der Waals surface area contributed by atoms with Gasteiger partial charge in [-0.05, 0) is 36.4 Å². The fourth-order valence-corrected chi connectivity index (χ4v) is 2.56. The molecule has 0 atom stereocenters. The second-order valence-electron chi connectivity index (χ2n) is 5.13. The molecule has 0 aliphatic carbocycles. The molecule has 4 rings (SSSR count). The molecule has 4 aromatic rings. The van der Waals surface area contributed by atoms with E-state index in [2.05, 4.69) is 57.7 Å². The molecule has 2 aromatic carbocycles. The van der Waals surface area contributed by atoms with Gasteiger partial charge in [0.15, 0.2) is 0 Å². The molecule has 3 heteroatoms. The first kappa shape index (κ1) is 12.0. The number of nitrogens with zero attached hydrogens (tertiary/aromatic N) is 1. The van der Waals surface area contributed by atoms with E-state index in [1.54, 1.807) is 0 Å². The fraction of sp³-hybridized carbons (Fsp3) is 0.0556. The van der Waals surface area contributed by atoms with Crippen molar-refractivity contribution in [2.75, 3.05) is 5.32 Å². The van der Waals surface area contributed by atoms with Crippen molar-refractivity contribution in [1.82, 2.24) is 9.97 Å². The molecule has 0 unspecified atom stereocenters. The van der Waals surface area contributed by atoms with E-state index in [9.17, 15) is 0 Å². The molecule has 21 heavy (non-hydrogen) atoms. The zero-order valence-electron chi connectivity index (χ0n) is 11.5. The lowest BCUT2D eigenvalue weighted by Gasteiger charge is -2.07. The third-order valence-electron chi connectivity index (χ3n) is 3.68. The summed E-state index contributed by atoms with van der Waals surface area (Å²) in [6.07, 6.45) is 1.96. The highest BCUT2D eigenvalue weighted by Crippen LogP contribution is 2.18. The van der Waals surface area contributed by atoms with Crippen molar-refractivity contribution in [1.29, 1.82) is 0 Å². The Bertz CT molecular complexity index is 908. The van der Waals surface area contributed by atoms with E-state index in [-0.39, 0.29) is 0 Å². The van der Waals surface area contributed by atoms with E-state index in [4.69, 9.17) is 0 Å². The first-order valence-electron chi connectivity index (χ1n) is 7.04. The van der Waals surface area contributed by atoms with E-state index < -0.39 is 0 Å². The van der Waals surface area contributed by atoms with Crippen molar-refractivity contribution in [3.63, 3.8) is 0 Å². The number of hydrogen-bond acceptors (Lipinski definition) is 2. The third kappa shape index (κ3) is 2.34. The Morgan fingerprint density at radius 1 is 0.905 bits per heavy atom. The predicted octanol–water partition coefficient (Wildman–Crippen LogP) is 4.33. The van der Waals surface area contributed by atoms with Gasteiger partial charge in [0.05, 0.1) is 17.8 Å². The van der Waals surface area contributed by atoms with Crippen LogP contribution in [-0.2, 0) is 6.54 Å². The summed E-state index contributed by atoms with van der Waals surface area (Å²) in [7, 11) is 0. The largest absolute Gasteiger partial charge is 0.379 e. The number of anilines is 1. The second-order valence-corrected chi connectivity index (χ2v) is 5.13. The van der Waals surface area contributed by atoms with E-state index in [0.717, 1.165) is 29.0 Å². The number of hydrogen-bond donors (Lipinski definition) is 2. The lowest BCUT2D eigenvalue weighted by atomic mass is 10.2. The van der Waals surface area contributed by atoms with Gasteiger partial charge in [-0.15, -0.1) is 0 Å². The van der Waals surface area contributed by atoms with Crippen LogP contribution in [0.5, 0.6) is 0 Å². The maximum atomic E-state index is 4.67. The molecule has 2 aromatic heterocycles. The highest BCUT2D eigenvalue weighted by molar-refractivity contribution is 5.83. The molecule has 102 valence electrons. The third-order valence-corrected chi connectivity index (χ3v) is 3.68. The average Bonchev–Trinajstić information content (AvgIpc) is 3.00. The van der Waals surface area contributed by atoms with Crippen LogP contribution >= 0.6 is 0 Å². The minimum Gasteiger partial charge on any atom is -0.379 e.